The SMILES string of the molecule is CC1CN(C(N)=NCC(C)(C)N2CCCCC2)CCO1. The first kappa shape index (κ1) is 15.6. The molecule has 0 amide bonds. The zero-order valence-electron chi connectivity index (χ0n) is 13.3. The normalized spacial score (nSPS) is 26.9. The highest BCUT2D eigenvalue weighted by atomic mass is 16.5. The van der Waals surface area contributed by atoms with Crippen LogP contribution in [-0.2, 0) is 4.74 Å². The standard InChI is InChI=1S/C15H30N4O/c1-13-11-18(9-10-20-13)14(16)17-12-15(2,3)19-7-5-4-6-8-19/h13H,4-12H2,1-3H3,(H2,16,17). The van der Waals surface area contributed by atoms with Gasteiger partial charge in [0.1, 0.15) is 0 Å². The lowest BCUT2D eigenvalue weighted by atomic mass is 9.99. The van der Waals surface area contributed by atoms with Crippen molar-refractivity contribution in [3.8, 4) is 0 Å². The smallest absolute Gasteiger partial charge is 0.191 e. The molecular weight excluding hydrogens is 252 g/mol. The Kier molecular flexibility index (Phi) is 5.27. The molecule has 2 aliphatic heterocycles. The summed E-state index contributed by atoms with van der Waals surface area (Å²) in [6.45, 7) is 12.2. The molecule has 0 aromatic carbocycles. The molecule has 2 fully saturated rings. The van der Waals surface area contributed by atoms with E-state index in [2.05, 4.69) is 35.6 Å². The molecule has 5 nitrogen and oxygen atoms in total. The summed E-state index contributed by atoms with van der Waals surface area (Å²) in [6.07, 6.45) is 4.23. The summed E-state index contributed by atoms with van der Waals surface area (Å²) in [5.74, 6) is 0.672. The number of ether oxygens (including phenoxy) is 1. The Labute approximate surface area is 123 Å². The van der Waals surface area contributed by atoms with Gasteiger partial charge in [0, 0.05) is 18.6 Å². The Balaban J connectivity index is 1.89. The molecule has 0 aromatic heterocycles. The Morgan fingerprint density at radius 1 is 1.25 bits per heavy atom. The van der Waals surface area contributed by atoms with E-state index in [9.17, 15) is 0 Å². The van der Waals surface area contributed by atoms with E-state index in [1.54, 1.807) is 0 Å². The van der Waals surface area contributed by atoms with Gasteiger partial charge < -0.3 is 15.4 Å². The van der Waals surface area contributed by atoms with Crippen molar-refractivity contribution < 1.29 is 4.74 Å². The maximum absolute atomic E-state index is 6.15. The minimum absolute atomic E-state index is 0.100. The number of hydrogen-bond acceptors (Lipinski definition) is 3. The number of piperidine rings is 1. The maximum Gasteiger partial charge on any atom is 0.191 e. The predicted molar refractivity (Wildman–Crippen MR) is 83.0 cm³/mol. The fourth-order valence-electron chi connectivity index (χ4n) is 3.00. The van der Waals surface area contributed by atoms with Gasteiger partial charge in [-0.15, -0.1) is 0 Å². The molecule has 2 N–H and O–H groups in total. The lowest BCUT2D eigenvalue weighted by Crippen LogP contribution is -2.51. The third-order valence-electron chi connectivity index (χ3n) is 4.41. The van der Waals surface area contributed by atoms with Crippen LogP contribution in [0.4, 0.5) is 0 Å². The predicted octanol–water partition coefficient (Wildman–Crippen LogP) is 1.29. The number of aliphatic imine (C=N–C) groups is 1. The van der Waals surface area contributed by atoms with Crippen LogP contribution in [0.2, 0.25) is 0 Å². The van der Waals surface area contributed by atoms with Crippen LogP contribution in [-0.4, -0.2) is 66.7 Å². The van der Waals surface area contributed by atoms with Gasteiger partial charge >= 0.3 is 0 Å². The topological polar surface area (TPSA) is 54.1 Å². The van der Waals surface area contributed by atoms with Gasteiger partial charge in [-0.3, -0.25) is 9.89 Å². The van der Waals surface area contributed by atoms with Crippen molar-refractivity contribution in [1.82, 2.24) is 9.80 Å². The lowest BCUT2D eigenvalue weighted by Gasteiger charge is -2.40. The second-order valence-corrected chi connectivity index (χ2v) is 6.66. The molecule has 0 spiro atoms. The number of nitrogens with zero attached hydrogens (tertiary/aromatic N) is 3. The third kappa shape index (κ3) is 4.09. The van der Waals surface area contributed by atoms with E-state index in [0.717, 1.165) is 26.2 Å². The van der Waals surface area contributed by atoms with Crippen LogP contribution >= 0.6 is 0 Å². The molecule has 0 bridgehead atoms. The van der Waals surface area contributed by atoms with Gasteiger partial charge in [0.25, 0.3) is 0 Å². The highest BCUT2D eigenvalue weighted by Crippen LogP contribution is 2.20. The zero-order chi connectivity index (χ0) is 14.6. The summed E-state index contributed by atoms with van der Waals surface area (Å²) in [5.41, 5.74) is 6.25. The summed E-state index contributed by atoms with van der Waals surface area (Å²) in [6, 6.07) is 0. The van der Waals surface area contributed by atoms with E-state index in [1.807, 2.05) is 0 Å². The van der Waals surface area contributed by atoms with Crippen LogP contribution in [0.5, 0.6) is 0 Å². The number of morpholine rings is 1. The first-order valence-electron chi connectivity index (χ1n) is 7.90. The number of nitrogens with two attached hydrogens (primary N) is 1. The van der Waals surface area contributed by atoms with Crippen LogP contribution in [0.1, 0.15) is 40.0 Å². The molecule has 2 saturated heterocycles. The Bertz CT molecular complexity index is 337. The fraction of sp³-hybridized carbons (Fsp3) is 0.933. The van der Waals surface area contributed by atoms with Crippen molar-refractivity contribution in [2.45, 2.75) is 51.7 Å². The molecule has 2 aliphatic rings. The van der Waals surface area contributed by atoms with Crippen LogP contribution in [0.15, 0.2) is 4.99 Å². The van der Waals surface area contributed by atoms with Crippen LogP contribution in [0.3, 0.4) is 0 Å². The van der Waals surface area contributed by atoms with Gasteiger partial charge in [0.05, 0.1) is 19.3 Å². The first-order chi connectivity index (χ1) is 9.49. The van der Waals surface area contributed by atoms with Gasteiger partial charge in [0.15, 0.2) is 5.96 Å². The first-order valence-corrected chi connectivity index (χ1v) is 7.90. The maximum atomic E-state index is 6.15. The van der Waals surface area contributed by atoms with Gasteiger partial charge in [-0.2, -0.15) is 0 Å². The molecule has 0 radical (unpaired) electrons. The van der Waals surface area contributed by atoms with E-state index < -0.39 is 0 Å². The van der Waals surface area contributed by atoms with Crippen molar-refractivity contribution in [3.05, 3.63) is 0 Å². The molecule has 2 rings (SSSR count). The lowest BCUT2D eigenvalue weighted by molar-refractivity contribution is 0.00516. The van der Waals surface area contributed by atoms with Crippen LogP contribution in [0.25, 0.3) is 0 Å². The van der Waals surface area contributed by atoms with E-state index in [1.165, 1.54) is 32.4 Å². The summed E-state index contributed by atoms with van der Waals surface area (Å²) in [5, 5.41) is 0. The Morgan fingerprint density at radius 2 is 1.95 bits per heavy atom. The molecule has 0 aromatic rings. The second kappa shape index (κ2) is 6.76. The average Bonchev–Trinajstić information content (AvgIpc) is 2.46. The van der Waals surface area contributed by atoms with Gasteiger partial charge in [-0.05, 0) is 46.7 Å². The molecule has 116 valence electrons. The largest absolute Gasteiger partial charge is 0.375 e. The van der Waals surface area contributed by atoms with E-state index in [-0.39, 0.29) is 11.6 Å². The van der Waals surface area contributed by atoms with Gasteiger partial charge in [-0.25, -0.2) is 0 Å². The van der Waals surface area contributed by atoms with Crippen molar-refractivity contribution in [1.29, 1.82) is 0 Å². The van der Waals surface area contributed by atoms with Crippen LogP contribution in [0, 0.1) is 0 Å². The third-order valence-corrected chi connectivity index (χ3v) is 4.41. The number of hydrogen-bond donors (Lipinski definition) is 1. The summed E-state index contributed by atoms with van der Waals surface area (Å²) in [4.78, 5) is 9.34. The molecule has 2 heterocycles. The minimum Gasteiger partial charge on any atom is -0.375 e. The van der Waals surface area contributed by atoms with Crippen molar-refractivity contribution >= 4 is 5.96 Å². The monoisotopic (exact) mass is 282 g/mol. The fourth-order valence-corrected chi connectivity index (χ4v) is 3.00. The van der Waals surface area contributed by atoms with E-state index >= 15 is 0 Å². The Hall–Kier alpha value is -0.810. The summed E-state index contributed by atoms with van der Waals surface area (Å²) >= 11 is 0. The van der Waals surface area contributed by atoms with Crippen LogP contribution < -0.4 is 5.73 Å². The highest BCUT2D eigenvalue weighted by Gasteiger charge is 2.28. The summed E-state index contributed by atoms with van der Waals surface area (Å²) < 4.78 is 5.54. The minimum atomic E-state index is 0.100. The second-order valence-electron chi connectivity index (χ2n) is 6.66. The highest BCUT2D eigenvalue weighted by molar-refractivity contribution is 5.78. The molecule has 20 heavy (non-hydrogen) atoms. The van der Waals surface area contributed by atoms with E-state index in [0.29, 0.717) is 5.96 Å². The number of rotatable bonds is 3. The van der Waals surface area contributed by atoms with E-state index in [4.69, 9.17) is 10.5 Å². The van der Waals surface area contributed by atoms with Gasteiger partial charge in [0.2, 0.25) is 0 Å². The summed E-state index contributed by atoms with van der Waals surface area (Å²) in [7, 11) is 0. The van der Waals surface area contributed by atoms with Gasteiger partial charge in [-0.1, -0.05) is 6.42 Å². The quantitative estimate of drug-likeness (QED) is 0.626. The molecule has 1 atom stereocenters. The molecule has 5 heteroatoms. The molecule has 1 unspecified atom stereocenters. The zero-order valence-corrected chi connectivity index (χ0v) is 13.3. The average molecular weight is 282 g/mol. The van der Waals surface area contributed by atoms with Crippen molar-refractivity contribution in [2.75, 3.05) is 39.3 Å². The molecule has 0 aliphatic carbocycles. The van der Waals surface area contributed by atoms with Crippen molar-refractivity contribution in [2.24, 2.45) is 10.7 Å². The molecule has 0 saturated carbocycles. The number of guanidine groups is 1. The number of likely N-dealkylation sites (tertiary alicyclic amines) is 1. The van der Waals surface area contributed by atoms with Crippen molar-refractivity contribution in [3.63, 3.8) is 0 Å². The Morgan fingerprint density at radius 3 is 2.60 bits per heavy atom. The molecular formula is C15H30N4O.